The normalized spacial score (nSPS) is 15.9. The van der Waals surface area contributed by atoms with Gasteiger partial charge in [0.15, 0.2) is 9.84 Å². The fourth-order valence-corrected chi connectivity index (χ4v) is 5.36. The molecule has 1 aliphatic rings. The van der Waals surface area contributed by atoms with Crippen molar-refractivity contribution >= 4 is 37.1 Å². The molecule has 7 nitrogen and oxygen atoms in total. The van der Waals surface area contributed by atoms with E-state index in [1.165, 1.54) is 6.07 Å². The third-order valence-corrected chi connectivity index (χ3v) is 7.09. The largest absolute Gasteiger partial charge is 0.326 e. The minimum atomic E-state index is -3.43. The van der Waals surface area contributed by atoms with Gasteiger partial charge in [-0.3, -0.25) is 9.52 Å². The maximum absolute atomic E-state index is 12.2. The van der Waals surface area contributed by atoms with E-state index in [4.69, 9.17) is 0 Å². The van der Waals surface area contributed by atoms with Crippen LogP contribution in [0.2, 0.25) is 0 Å². The van der Waals surface area contributed by atoms with Gasteiger partial charge in [0.05, 0.1) is 22.9 Å². The minimum absolute atomic E-state index is 0.110. The van der Waals surface area contributed by atoms with Crippen LogP contribution in [-0.4, -0.2) is 40.0 Å². The van der Waals surface area contributed by atoms with E-state index in [-0.39, 0.29) is 17.4 Å². The third-order valence-electron chi connectivity index (χ3n) is 4.24. The number of nitrogens with one attached hydrogen (secondary N) is 2. The predicted molar refractivity (Wildman–Crippen MR) is 98.9 cm³/mol. The molecule has 0 heterocycles. The summed E-state index contributed by atoms with van der Waals surface area (Å²) < 4.78 is 49.5. The molecule has 140 valence electrons. The lowest BCUT2D eigenvalue weighted by Gasteiger charge is -2.12. The number of carbonyl (C=O) groups excluding carboxylic acids is 1. The number of rotatable bonds is 7. The van der Waals surface area contributed by atoms with Crippen molar-refractivity contribution in [1.82, 2.24) is 0 Å². The molecule has 0 bridgehead atoms. The monoisotopic (exact) mass is 388 g/mol. The Kier molecular flexibility index (Phi) is 6.10. The van der Waals surface area contributed by atoms with Crippen LogP contribution in [0.25, 0.3) is 0 Å². The van der Waals surface area contributed by atoms with Crippen molar-refractivity contribution in [3.05, 3.63) is 23.8 Å². The highest BCUT2D eigenvalue weighted by Gasteiger charge is 2.28. The van der Waals surface area contributed by atoms with E-state index in [1.807, 2.05) is 0 Å². The lowest BCUT2D eigenvalue weighted by molar-refractivity contribution is -0.115. The van der Waals surface area contributed by atoms with Gasteiger partial charge in [0.2, 0.25) is 15.9 Å². The predicted octanol–water partition coefficient (Wildman–Crippen LogP) is 2.05. The Balaban J connectivity index is 1.97. The zero-order chi connectivity index (χ0) is 18.7. The van der Waals surface area contributed by atoms with Crippen LogP contribution in [-0.2, 0) is 24.7 Å². The van der Waals surface area contributed by atoms with E-state index in [0.717, 1.165) is 19.1 Å². The fraction of sp³-hybridized carbons (Fsp3) is 0.562. The highest BCUT2D eigenvalue weighted by atomic mass is 32.2. The van der Waals surface area contributed by atoms with Gasteiger partial charge in [-0.05, 0) is 37.5 Å². The van der Waals surface area contributed by atoms with Crippen molar-refractivity contribution in [3.8, 4) is 0 Å². The number of hydrogen-bond donors (Lipinski definition) is 2. The second kappa shape index (κ2) is 7.74. The number of sulfone groups is 1. The summed E-state index contributed by atoms with van der Waals surface area (Å²) in [6, 6.07) is 4.84. The first-order valence-electron chi connectivity index (χ1n) is 8.17. The van der Waals surface area contributed by atoms with Crippen LogP contribution in [0.15, 0.2) is 18.2 Å². The molecule has 9 heteroatoms. The SMILES string of the molecule is Cc1ccc(NC(=O)CCS(=O)(=O)C2CCCC2)cc1NS(C)(=O)=O. The van der Waals surface area contributed by atoms with E-state index in [0.29, 0.717) is 29.8 Å². The number of anilines is 2. The van der Waals surface area contributed by atoms with E-state index < -0.39 is 25.8 Å². The lowest BCUT2D eigenvalue weighted by atomic mass is 10.2. The van der Waals surface area contributed by atoms with Gasteiger partial charge in [0.25, 0.3) is 0 Å². The van der Waals surface area contributed by atoms with Crippen LogP contribution in [0.4, 0.5) is 11.4 Å². The first-order valence-corrected chi connectivity index (χ1v) is 11.8. The Morgan fingerprint density at radius 3 is 2.40 bits per heavy atom. The highest BCUT2D eigenvalue weighted by Crippen LogP contribution is 2.26. The van der Waals surface area contributed by atoms with Crippen molar-refractivity contribution in [2.45, 2.75) is 44.3 Å². The summed E-state index contributed by atoms with van der Waals surface area (Å²) >= 11 is 0. The number of benzene rings is 1. The molecule has 1 aromatic carbocycles. The average Bonchev–Trinajstić information content (AvgIpc) is 3.02. The molecule has 0 unspecified atom stereocenters. The van der Waals surface area contributed by atoms with Crippen LogP contribution < -0.4 is 10.0 Å². The summed E-state index contributed by atoms with van der Waals surface area (Å²) in [5, 5.41) is 2.31. The van der Waals surface area contributed by atoms with Crippen LogP contribution >= 0.6 is 0 Å². The molecule has 0 spiro atoms. The maximum Gasteiger partial charge on any atom is 0.229 e. The molecular weight excluding hydrogens is 364 g/mol. The quantitative estimate of drug-likeness (QED) is 0.743. The number of aryl methyl sites for hydroxylation is 1. The molecule has 2 N–H and O–H groups in total. The van der Waals surface area contributed by atoms with E-state index in [1.54, 1.807) is 19.1 Å². The smallest absolute Gasteiger partial charge is 0.229 e. The minimum Gasteiger partial charge on any atom is -0.326 e. The van der Waals surface area contributed by atoms with E-state index in [9.17, 15) is 21.6 Å². The number of carbonyl (C=O) groups is 1. The molecule has 0 saturated heterocycles. The van der Waals surface area contributed by atoms with Crippen LogP contribution in [0.1, 0.15) is 37.7 Å². The molecule has 1 saturated carbocycles. The van der Waals surface area contributed by atoms with Crippen LogP contribution in [0, 0.1) is 6.92 Å². The van der Waals surface area contributed by atoms with Gasteiger partial charge in [0, 0.05) is 12.1 Å². The molecule has 2 rings (SSSR count). The Hall–Kier alpha value is -1.61. The van der Waals surface area contributed by atoms with Gasteiger partial charge >= 0.3 is 0 Å². The molecular formula is C16H24N2O5S2. The Labute approximate surface area is 149 Å². The third kappa shape index (κ3) is 6.00. The summed E-state index contributed by atoms with van der Waals surface area (Å²) in [6.07, 6.45) is 4.16. The highest BCUT2D eigenvalue weighted by molar-refractivity contribution is 7.92. The van der Waals surface area contributed by atoms with Crippen molar-refractivity contribution < 1.29 is 21.6 Å². The molecule has 1 amide bonds. The van der Waals surface area contributed by atoms with Gasteiger partial charge < -0.3 is 5.32 Å². The van der Waals surface area contributed by atoms with Crippen molar-refractivity contribution in [3.63, 3.8) is 0 Å². The average molecular weight is 389 g/mol. The molecule has 0 radical (unpaired) electrons. The first-order chi connectivity index (χ1) is 11.6. The summed E-state index contributed by atoms with van der Waals surface area (Å²) in [5.74, 6) is -0.570. The van der Waals surface area contributed by atoms with Crippen molar-refractivity contribution in [2.75, 3.05) is 22.0 Å². The van der Waals surface area contributed by atoms with Gasteiger partial charge in [-0.2, -0.15) is 0 Å². The number of hydrogen-bond acceptors (Lipinski definition) is 5. The lowest BCUT2D eigenvalue weighted by Crippen LogP contribution is -2.24. The summed E-state index contributed by atoms with van der Waals surface area (Å²) in [4.78, 5) is 12.0. The molecule has 1 aliphatic carbocycles. The second-order valence-corrected chi connectivity index (χ2v) is 10.6. The van der Waals surface area contributed by atoms with Crippen molar-refractivity contribution in [2.24, 2.45) is 0 Å². The Morgan fingerprint density at radius 2 is 1.80 bits per heavy atom. The van der Waals surface area contributed by atoms with E-state index in [2.05, 4.69) is 10.0 Å². The molecule has 0 aromatic heterocycles. The first kappa shape index (κ1) is 19.7. The fourth-order valence-electron chi connectivity index (χ4n) is 2.88. The Bertz CT molecular complexity index is 841. The van der Waals surface area contributed by atoms with E-state index >= 15 is 0 Å². The standard InChI is InChI=1S/C16H24N2O5S2/c1-12-7-8-13(11-15(12)18-24(2,20)21)17-16(19)9-10-25(22,23)14-5-3-4-6-14/h7-8,11,14,18H,3-6,9-10H2,1-2H3,(H,17,19). The Morgan fingerprint density at radius 1 is 1.16 bits per heavy atom. The zero-order valence-electron chi connectivity index (χ0n) is 14.4. The summed E-state index contributed by atoms with van der Waals surface area (Å²) in [7, 11) is -6.66. The number of sulfonamides is 1. The van der Waals surface area contributed by atoms with Gasteiger partial charge in [0.1, 0.15) is 0 Å². The summed E-state index contributed by atoms with van der Waals surface area (Å²) in [6.45, 7) is 1.74. The summed E-state index contributed by atoms with van der Waals surface area (Å²) in [5.41, 5.74) is 1.51. The van der Waals surface area contributed by atoms with Gasteiger partial charge in [-0.15, -0.1) is 0 Å². The van der Waals surface area contributed by atoms with Gasteiger partial charge in [-0.1, -0.05) is 18.9 Å². The molecule has 25 heavy (non-hydrogen) atoms. The molecule has 0 aliphatic heterocycles. The molecule has 0 atom stereocenters. The van der Waals surface area contributed by atoms with Crippen molar-refractivity contribution in [1.29, 1.82) is 0 Å². The second-order valence-electron chi connectivity index (χ2n) is 6.48. The van der Waals surface area contributed by atoms with Crippen LogP contribution in [0.5, 0.6) is 0 Å². The maximum atomic E-state index is 12.2. The van der Waals surface area contributed by atoms with Gasteiger partial charge in [-0.25, -0.2) is 16.8 Å². The van der Waals surface area contributed by atoms with Crippen LogP contribution in [0.3, 0.4) is 0 Å². The zero-order valence-corrected chi connectivity index (χ0v) is 16.0. The topological polar surface area (TPSA) is 109 Å². The molecule has 1 aromatic rings. The molecule has 1 fully saturated rings. The number of amides is 1.